The fraction of sp³-hybridized carbons (Fsp3) is 0.667. The van der Waals surface area contributed by atoms with Gasteiger partial charge in [0.1, 0.15) is 5.00 Å². The highest BCUT2D eigenvalue weighted by atomic mass is 32.2. The molecule has 21 heavy (non-hydrogen) atoms. The van der Waals surface area contributed by atoms with Crippen LogP contribution in [0, 0.1) is 11.8 Å². The Balaban J connectivity index is 1.93. The molecule has 2 rings (SSSR count). The van der Waals surface area contributed by atoms with E-state index in [1.165, 1.54) is 24.2 Å². The summed E-state index contributed by atoms with van der Waals surface area (Å²) in [6.45, 7) is 6.12. The minimum Gasteiger partial charge on any atom is -0.396 e. The van der Waals surface area contributed by atoms with Crippen molar-refractivity contribution in [2.75, 3.05) is 37.1 Å². The van der Waals surface area contributed by atoms with E-state index in [-0.39, 0.29) is 11.7 Å². The van der Waals surface area contributed by atoms with E-state index in [4.69, 9.17) is 10.5 Å². The summed E-state index contributed by atoms with van der Waals surface area (Å²) in [6.07, 6.45) is 4.61. The third-order valence-electron chi connectivity index (χ3n) is 3.43. The predicted octanol–water partition coefficient (Wildman–Crippen LogP) is 3.73. The lowest BCUT2D eigenvalue weighted by molar-refractivity contribution is 0.0944. The molecule has 0 radical (unpaired) electrons. The Hall–Kier alpha value is -0.720. The third kappa shape index (κ3) is 4.37. The van der Waals surface area contributed by atoms with Gasteiger partial charge in [-0.2, -0.15) is 0 Å². The fourth-order valence-corrected chi connectivity index (χ4v) is 4.11. The fourth-order valence-electron chi connectivity index (χ4n) is 1.96. The highest BCUT2D eigenvalue weighted by Gasteiger charge is 2.23. The number of nitrogens with two attached hydrogens (primary N) is 1. The van der Waals surface area contributed by atoms with Crippen LogP contribution in [0.5, 0.6) is 0 Å². The summed E-state index contributed by atoms with van der Waals surface area (Å²) in [5.74, 6) is 0.876. The molecule has 6 heteroatoms. The van der Waals surface area contributed by atoms with E-state index in [2.05, 4.69) is 5.32 Å². The van der Waals surface area contributed by atoms with Gasteiger partial charge in [0.15, 0.2) is 5.78 Å². The summed E-state index contributed by atoms with van der Waals surface area (Å²) in [6, 6.07) is 0. The quantitative estimate of drug-likeness (QED) is 0.411. The van der Waals surface area contributed by atoms with E-state index in [1.54, 1.807) is 11.8 Å². The van der Waals surface area contributed by atoms with Crippen LogP contribution >= 0.6 is 23.1 Å². The van der Waals surface area contributed by atoms with E-state index < -0.39 is 0 Å². The van der Waals surface area contributed by atoms with Crippen molar-refractivity contribution in [1.29, 1.82) is 0 Å². The van der Waals surface area contributed by atoms with Crippen molar-refractivity contribution in [3.63, 3.8) is 0 Å². The number of anilines is 2. The maximum Gasteiger partial charge on any atom is 0.177 e. The van der Waals surface area contributed by atoms with Crippen molar-refractivity contribution < 1.29 is 9.53 Å². The molecular weight excluding hydrogens is 304 g/mol. The lowest BCUT2D eigenvalue weighted by atomic mass is 10.1. The van der Waals surface area contributed by atoms with Gasteiger partial charge in [-0.15, -0.1) is 23.1 Å². The van der Waals surface area contributed by atoms with Crippen LogP contribution in [-0.2, 0) is 4.74 Å². The van der Waals surface area contributed by atoms with Gasteiger partial charge in [-0.25, -0.2) is 0 Å². The van der Waals surface area contributed by atoms with Crippen molar-refractivity contribution in [3.8, 4) is 0 Å². The van der Waals surface area contributed by atoms with Gasteiger partial charge in [-0.1, -0.05) is 13.8 Å². The zero-order valence-electron chi connectivity index (χ0n) is 12.9. The molecule has 1 aromatic rings. The molecule has 1 aliphatic rings. The highest BCUT2D eigenvalue weighted by molar-refractivity contribution is 7.99. The Kier molecular flexibility index (Phi) is 5.96. The standard InChI is InChI=1S/C15H24N2O2S2/c1-9(2)12(18)13-11(16)14(20-3)15(21-13)17-6-7-19-8-10-4-5-10/h9-10,17H,4-8,16H2,1-3H3. The molecule has 0 atom stereocenters. The third-order valence-corrected chi connectivity index (χ3v) is 5.57. The average Bonchev–Trinajstić information content (AvgIpc) is 3.21. The number of rotatable bonds is 9. The first kappa shape index (κ1) is 16.6. The van der Waals surface area contributed by atoms with Crippen molar-refractivity contribution >= 4 is 39.6 Å². The number of ether oxygens (including phenoxy) is 1. The van der Waals surface area contributed by atoms with Gasteiger partial charge in [0, 0.05) is 19.1 Å². The molecule has 118 valence electrons. The Morgan fingerprint density at radius 1 is 1.52 bits per heavy atom. The Labute approximate surface area is 134 Å². The summed E-state index contributed by atoms with van der Waals surface area (Å²) in [4.78, 5) is 13.8. The summed E-state index contributed by atoms with van der Waals surface area (Å²) in [5.41, 5.74) is 6.75. The number of thioether (sulfide) groups is 1. The van der Waals surface area contributed by atoms with Crippen LogP contribution < -0.4 is 11.1 Å². The van der Waals surface area contributed by atoms with Gasteiger partial charge in [-0.3, -0.25) is 4.79 Å². The van der Waals surface area contributed by atoms with Gasteiger partial charge >= 0.3 is 0 Å². The maximum atomic E-state index is 12.2. The van der Waals surface area contributed by atoms with Crippen LogP contribution in [0.3, 0.4) is 0 Å². The largest absolute Gasteiger partial charge is 0.396 e. The summed E-state index contributed by atoms with van der Waals surface area (Å²) >= 11 is 3.04. The van der Waals surface area contributed by atoms with E-state index in [0.29, 0.717) is 17.2 Å². The molecule has 1 heterocycles. The Bertz CT molecular complexity index is 496. The molecule has 0 saturated heterocycles. The van der Waals surface area contributed by atoms with Gasteiger partial charge in [0.25, 0.3) is 0 Å². The number of nitrogen functional groups attached to an aromatic ring is 1. The van der Waals surface area contributed by atoms with E-state index >= 15 is 0 Å². The van der Waals surface area contributed by atoms with Crippen LogP contribution in [0.2, 0.25) is 0 Å². The number of Topliss-reactive ketones (excluding diaryl/α,β-unsaturated/α-hetero) is 1. The monoisotopic (exact) mass is 328 g/mol. The zero-order chi connectivity index (χ0) is 15.4. The van der Waals surface area contributed by atoms with Gasteiger partial charge in [-0.05, 0) is 25.0 Å². The minimum atomic E-state index is -0.0321. The van der Waals surface area contributed by atoms with Crippen LogP contribution in [-0.4, -0.2) is 31.8 Å². The zero-order valence-corrected chi connectivity index (χ0v) is 14.5. The molecular formula is C15H24N2O2S2. The highest BCUT2D eigenvalue weighted by Crippen LogP contribution is 2.42. The molecule has 1 fully saturated rings. The van der Waals surface area contributed by atoms with Crippen molar-refractivity contribution in [2.24, 2.45) is 11.8 Å². The van der Waals surface area contributed by atoms with E-state index in [0.717, 1.165) is 29.0 Å². The summed E-state index contributed by atoms with van der Waals surface area (Å²) in [5, 5.41) is 4.34. The molecule has 0 unspecified atom stereocenters. The Morgan fingerprint density at radius 3 is 2.81 bits per heavy atom. The minimum absolute atomic E-state index is 0.0321. The number of carbonyl (C=O) groups excluding carboxylic acids is 1. The molecule has 0 spiro atoms. The van der Waals surface area contributed by atoms with Crippen molar-refractivity contribution in [2.45, 2.75) is 31.6 Å². The van der Waals surface area contributed by atoms with Crippen LogP contribution in [0.15, 0.2) is 4.90 Å². The molecule has 1 aliphatic carbocycles. The molecule has 1 aromatic heterocycles. The van der Waals surface area contributed by atoms with Gasteiger partial charge in [0.2, 0.25) is 0 Å². The first-order valence-electron chi connectivity index (χ1n) is 7.36. The van der Waals surface area contributed by atoms with E-state index in [1.807, 2.05) is 20.1 Å². The lowest BCUT2D eigenvalue weighted by Crippen LogP contribution is -2.10. The van der Waals surface area contributed by atoms with Crippen molar-refractivity contribution in [1.82, 2.24) is 0 Å². The maximum absolute atomic E-state index is 12.2. The topological polar surface area (TPSA) is 64.3 Å². The van der Waals surface area contributed by atoms with E-state index in [9.17, 15) is 4.79 Å². The van der Waals surface area contributed by atoms with Crippen LogP contribution in [0.25, 0.3) is 0 Å². The second kappa shape index (κ2) is 7.51. The Morgan fingerprint density at radius 2 is 2.24 bits per heavy atom. The summed E-state index contributed by atoms with van der Waals surface area (Å²) in [7, 11) is 0. The van der Waals surface area contributed by atoms with Crippen LogP contribution in [0.4, 0.5) is 10.7 Å². The smallest absolute Gasteiger partial charge is 0.177 e. The average molecular weight is 329 g/mol. The molecule has 0 amide bonds. The number of nitrogens with one attached hydrogen (secondary N) is 1. The van der Waals surface area contributed by atoms with Gasteiger partial charge in [0.05, 0.1) is 22.1 Å². The first-order chi connectivity index (χ1) is 10.0. The molecule has 0 bridgehead atoms. The molecule has 1 saturated carbocycles. The molecule has 0 aromatic carbocycles. The lowest BCUT2D eigenvalue weighted by Gasteiger charge is -2.06. The van der Waals surface area contributed by atoms with Gasteiger partial charge < -0.3 is 15.8 Å². The predicted molar refractivity (Wildman–Crippen MR) is 91.7 cm³/mol. The SMILES string of the molecule is CSc1c(NCCOCC2CC2)sc(C(=O)C(C)C)c1N. The number of ketones is 1. The second-order valence-corrected chi connectivity index (χ2v) is 7.51. The number of hydrogen-bond donors (Lipinski definition) is 2. The molecule has 0 aliphatic heterocycles. The second-order valence-electron chi connectivity index (χ2n) is 5.67. The van der Waals surface area contributed by atoms with Crippen LogP contribution in [0.1, 0.15) is 36.4 Å². The number of hydrogen-bond acceptors (Lipinski definition) is 6. The number of thiophene rings is 1. The molecule has 4 nitrogen and oxygen atoms in total. The normalized spacial score (nSPS) is 14.7. The van der Waals surface area contributed by atoms with Crippen molar-refractivity contribution in [3.05, 3.63) is 4.88 Å². The molecule has 3 N–H and O–H groups in total. The first-order valence-corrected chi connectivity index (χ1v) is 9.40. The number of carbonyl (C=O) groups is 1. The summed E-state index contributed by atoms with van der Waals surface area (Å²) < 4.78 is 5.61.